The number of nitrogens with one attached hydrogen (secondary N) is 1. The Balaban J connectivity index is 1.61. The molecule has 0 aliphatic carbocycles. The van der Waals surface area contributed by atoms with E-state index in [1.54, 1.807) is 18.2 Å². The van der Waals surface area contributed by atoms with Gasteiger partial charge in [0.05, 0.1) is 17.4 Å². The minimum absolute atomic E-state index is 0.0484. The third-order valence-corrected chi connectivity index (χ3v) is 3.46. The van der Waals surface area contributed by atoms with E-state index >= 15 is 0 Å². The number of rotatable bonds is 5. The Bertz CT molecular complexity index is 909. The molecular weight excluding hydrogens is 333 g/mol. The third-order valence-electron chi connectivity index (χ3n) is 3.46. The summed E-state index contributed by atoms with van der Waals surface area (Å²) in [4.78, 5) is 15.8. The smallest absolute Gasteiger partial charge is 0.224 e. The van der Waals surface area contributed by atoms with E-state index in [9.17, 15) is 18.0 Å². The lowest BCUT2D eigenvalue weighted by Gasteiger charge is -2.05. The molecule has 0 aliphatic heterocycles. The van der Waals surface area contributed by atoms with Gasteiger partial charge >= 0.3 is 0 Å². The second-order valence-electron chi connectivity index (χ2n) is 5.27. The molecule has 1 aromatic heterocycles. The van der Waals surface area contributed by atoms with Crippen LogP contribution in [-0.2, 0) is 11.2 Å². The maximum Gasteiger partial charge on any atom is 0.224 e. The Labute approximate surface area is 141 Å². The van der Waals surface area contributed by atoms with Gasteiger partial charge in [0, 0.05) is 18.9 Å². The first-order valence-corrected chi connectivity index (χ1v) is 7.47. The summed E-state index contributed by atoms with van der Waals surface area (Å²) < 4.78 is 45.7. The summed E-state index contributed by atoms with van der Waals surface area (Å²) in [6.07, 6.45) is 1.46. The first-order chi connectivity index (χ1) is 12.0. The van der Waals surface area contributed by atoms with Crippen LogP contribution in [0.1, 0.15) is 12.3 Å². The van der Waals surface area contributed by atoms with Crippen molar-refractivity contribution in [2.45, 2.75) is 12.8 Å². The average molecular weight is 346 g/mol. The fraction of sp³-hybridized carbons (Fsp3) is 0.111. The molecule has 0 atom stereocenters. The average Bonchev–Trinajstić information content (AvgIpc) is 3.05. The predicted molar refractivity (Wildman–Crippen MR) is 85.2 cm³/mol. The first kappa shape index (κ1) is 16.8. The lowest BCUT2D eigenvalue weighted by molar-refractivity contribution is -0.116. The van der Waals surface area contributed by atoms with Gasteiger partial charge in [-0.3, -0.25) is 4.79 Å². The summed E-state index contributed by atoms with van der Waals surface area (Å²) >= 11 is 0. The number of hydrogen-bond donors (Lipinski definition) is 1. The van der Waals surface area contributed by atoms with E-state index in [0.717, 1.165) is 18.2 Å². The third kappa shape index (κ3) is 4.06. The zero-order valence-corrected chi connectivity index (χ0v) is 12.9. The number of aromatic nitrogens is 1. The van der Waals surface area contributed by atoms with Gasteiger partial charge in [-0.15, -0.1) is 0 Å². The van der Waals surface area contributed by atoms with E-state index < -0.39 is 23.4 Å². The number of oxazole rings is 1. The number of amides is 1. The quantitative estimate of drug-likeness (QED) is 0.748. The predicted octanol–water partition coefficient (Wildman–Crippen LogP) is 4.33. The van der Waals surface area contributed by atoms with Gasteiger partial charge in [0.15, 0.2) is 11.7 Å². The number of carbonyl (C=O) groups excluding carboxylic acids is 1. The molecule has 0 unspecified atom stereocenters. The van der Waals surface area contributed by atoms with Gasteiger partial charge in [-0.1, -0.05) is 12.1 Å². The van der Waals surface area contributed by atoms with Crippen molar-refractivity contribution in [1.82, 2.24) is 4.98 Å². The highest BCUT2D eigenvalue weighted by Gasteiger charge is 2.13. The minimum Gasteiger partial charge on any atom is -0.441 e. The lowest BCUT2D eigenvalue weighted by Crippen LogP contribution is -2.13. The molecule has 0 fully saturated rings. The van der Waals surface area contributed by atoms with Gasteiger partial charge in [0.25, 0.3) is 0 Å². The van der Waals surface area contributed by atoms with Crippen LogP contribution in [0.3, 0.4) is 0 Å². The molecule has 0 aliphatic rings. The van der Waals surface area contributed by atoms with E-state index in [0.29, 0.717) is 0 Å². The van der Waals surface area contributed by atoms with Crippen molar-refractivity contribution in [3.8, 4) is 11.3 Å². The van der Waals surface area contributed by atoms with E-state index in [1.165, 1.54) is 12.3 Å². The number of hydrogen-bond acceptors (Lipinski definition) is 3. The van der Waals surface area contributed by atoms with Crippen LogP contribution in [0.2, 0.25) is 0 Å². The van der Waals surface area contributed by atoms with Crippen LogP contribution in [0.4, 0.5) is 18.9 Å². The molecule has 25 heavy (non-hydrogen) atoms. The molecule has 0 saturated heterocycles. The second kappa shape index (κ2) is 7.21. The standard InChI is InChI=1S/C18H13F3N2O2/c19-11-5-6-14(21)15(9-11)23-17(24)7-8-18-22-10-16(25-18)12-3-1-2-4-13(12)20/h1-6,9-10H,7-8H2,(H,23,24). The van der Waals surface area contributed by atoms with Crippen LogP contribution in [-0.4, -0.2) is 10.9 Å². The fourth-order valence-corrected chi connectivity index (χ4v) is 2.24. The van der Waals surface area contributed by atoms with E-state index in [1.807, 2.05) is 0 Å². The van der Waals surface area contributed by atoms with Gasteiger partial charge in [-0.2, -0.15) is 0 Å². The first-order valence-electron chi connectivity index (χ1n) is 7.47. The highest BCUT2D eigenvalue weighted by atomic mass is 19.1. The van der Waals surface area contributed by atoms with Crippen molar-refractivity contribution >= 4 is 11.6 Å². The van der Waals surface area contributed by atoms with Crippen LogP contribution in [0.15, 0.2) is 53.1 Å². The van der Waals surface area contributed by atoms with Gasteiger partial charge in [-0.05, 0) is 24.3 Å². The maximum absolute atomic E-state index is 13.7. The number of carbonyl (C=O) groups is 1. The lowest BCUT2D eigenvalue weighted by atomic mass is 10.2. The molecule has 1 amide bonds. The van der Waals surface area contributed by atoms with Crippen molar-refractivity contribution in [2.75, 3.05) is 5.32 Å². The van der Waals surface area contributed by atoms with Gasteiger partial charge in [-0.25, -0.2) is 18.2 Å². The topological polar surface area (TPSA) is 55.1 Å². The SMILES string of the molecule is O=C(CCc1ncc(-c2ccccc2F)o1)Nc1cc(F)ccc1F. The van der Waals surface area contributed by atoms with Crippen LogP contribution in [0.5, 0.6) is 0 Å². The second-order valence-corrected chi connectivity index (χ2v) is 5.27. The Kier molecular flexibility index (Phi) is 4.83. The molecule has 4 nitrogen and oxygen atoms in total. The van der Waals surface area contributed by atoms with Crippen LogP contribution in [0.25, 0.3) is 11.3 Å². The summed E-state index contributed by atoms with van der Waals surface area (Å²) in [5, 5.41) is 2.29. The molecule has 128 valence electrons. The van der Waals surface area contributed by atoms with Gasteiger partial charge in [0.2, 0.25) is 5.91 Å². The molecular formula is C18H13F3N2O2. The van der Waals surface area contributed by atoms with Crippen molar-refractivity contribution < 1.29 is 22.4 Å². The summed E-state index contributed by atoms with van der Waals surface area (Å²) in [6.45, 7) is 0. The molecule has 0 bridgehead atoms. The number of anilines is 1. The summed E-state index contributed by atoms with van der Waals surface area (Å²) in [7, 11) is 0. The maximum atomic E-state index is 13.7. The van der Waals surface area contributed by atoms with Crippen molar-refractivity contribution in [1.29, 1.82) is 0 Å². The van der Waals surface area contributed by atoms with E-state index in [-0.39, 0.29) is 35.7 Å². The van der Waals surface area contributed by atoms with Crippen LogP contribution < -0.4 is 5.32 Å². The number of halogens is 3. The van der Waals surface area contributed by atoms with Crippen molar-refractivity contribution in [2.24, 2.45) is 0 Å². The zero-order valence-electron chi connectivity index (χ0n) is 12.9. The molecule has 0 spiro atoms. The molecule has 2 aromatic carbocycles. The van der Waals surface area contributed by atoms with E-state index in [2.05, 4.69) is 10.3 Å². The largest absolute Gasteiger partial charge is 0.441 e. The van der Waals surface area contributed by atoms with Gasteiger partial charge < -0.3 is 9.73 Å². The summed E-state index contributed by atoms with van der Waals surface area (Å²) in [5.74, 6) is -1.84. The highest BCUT2D eigenvalue weighted by Crippen LogP contribution is 2.23. The number of benzene rings is 2. The number of nitrogens with zero attached hydrogens (tertiary/aromatic N) is 1. The fourth-order valence-electron chi connectivity index (χ4n) is 2.24. The molecule has 3 aromatic rings. The van der Waals surface area contributed by atoms with Crippen LogP contribution >= 0.6 is 0 Å². The molecule has 1 heterocycles. The van der Waals surface area contributed by atoms with Crippen molar-refractivity contribution in [3.63, 3.8) is 0 Å². The summed E-state index contributed by atoms with van der Waals surface area (Å²) in [6, 6.07) is 8.88. The summed E-state index contributed by atoms with van der Waals surface area (Å²) in [5.41, 5.74) is 0.0389. The Morgan fingerprint density at radius 3 is 2.68 bits per heavy atom. The molecule has 1 N–H and O–H groups in total. The highest BCUT2D eigenvalue weighted by molar-refractivity contribution is 5.90. The number of aryl methyl sites for hydroxylation is 1. The molecule has 3 rings (SSSR count). The molecule has 7 heteroatoms. The van der Waals surface area contributed by atoms with Crippen LogP contribution in [0, 0.1) is 17.5 Å². The van der Waals surface area contributed by atoms with E-state index in [4.69, 9.17) is 4.42 Å². The normalized spacial score (nSPS) is 10.7. The van der Waals surface area contributed by atoms with Crippen molar-refractivity contribution in [3.05, 3.63) is 72.0 Å². The Morgan fingerprint density at radius 1 is 1.08 bits per heavy atom. The Morgan fingerprint density at radius 2 is 1.88 bits per heavy atom. The minimum atomic E-state index is -0.729. The zero-order chi connectivity index (χ0) is 17.8. The Hall–Kier alpha value is -3.09. The molecule has 0 radical (unpaired) electrons. The van der Waals surface area contributed by atoms with Gasteiger partial charge in [0.1, 0.15) is 17.5 Å². The monoisotopic (exact) mass is 346 g/mol. The molecule has 0 saturated carbocycles.